The number of nitrogens with one attached hydrogen (secondary N) is 3. The Kier molecular flexibility index (Phi) is 5.83. The molecule has 1 aliphatic rings. The van der Waals surface area contributed by atoms with Gasteiger partial charge in [-0.1, -0.05) is 0 Å². The summed E-state index contributed by atoms with van der Waals surface area (Å²) in [7, 11) is 1.32. The minimum Gasteiger partial charge on any atom is -0.387 e. The predicted molar refractivity (Wildman–Crippen MR) is 109 cm³/mol. The van der Waals surface area contributed by atoms with Gasteiger partial charge in [-0.3, -0.25) is 10.1 Å². The highest BCUT2D eigenvalue weighted by Crippen LogP contribution is 2.40. The molecule has 1 aliphatic carbocycles. The van der Waals surface area contributed by atoms with Crippen LogP contribution >= 0.6 is 0 Å². The van der Waals surface area contributed by atoms with E-state index < -0.39 is 29.3 Å². The summed E-state index contributed by atoms with van der Waals surface area (Å²) in [6.45, 7) is 0. The summed E-state index contributed by atoms with van der Waals surface area (Å²) in [6.07, 6.45) is 6.54. The standard InChI is InChI=1S/C20H17F2N7O3/c1-23-18(30)12-4-5-13(21)15(22)16(12)29-20(31)32-19-17(27-11-6-24-9-25-7-11)26-8-14(28-19)10-2-3-10/h4-10H,2-3H2,1H3,(H,23,30)(H,26,27)(H,29,31). The van der Waals surface area contributed by atoms with Crippen LogP contribution < -0.4 is 20.7 Å². The highest BCUT2D eigenvalue weighted by molar-refractivity contribution is 6.03. The van der Waals surface area contributed by atoms with Crippen molar-refractivity contribution in [2.45, 2.75) is 18.8 Å². The Bertz CT molecular complexity index is 1170. The molecule has 2 aromatic heterocycles. The molecule has 32 heavy (non-hydrogen) atoms. The molecule has 0 radical (unpaired) electrons. The van der Waals surface area contributed by atoms with Crippen LogP contribution in [0.4, 0.5) is 30.8 Å². The fourth-order valence-corrected chi connectivity index (χ4v) is 2.83. The van der Waals surface area contributed by atoms with Gasteiger partial charge < -0.3 is 15.4 Å². The van der Waals surface area contributed by atoms with Crippen molar-refractivity contribution in [3.8, 4) is 5.88 Å². The van der Waals surface area contributed by atoms with Crippen molar-refractivity contribution < 1.29 is 23.1 Å². The SMILES string of the molecule is CNC(=O)c1ccc(F)c(F)c1NC(=O)Oc1nc(C2CC2)cnc1Nc1cncnc1. The molecule has 0 saturated heterocycles. The number of aromatic nitrogens is 4. The fraction of sp³-hybridized carbons (Fsp3) is 0.200. The van der Waals surface area contributed by atoms with E-state index in [1.165, 1.54) is 25.8 Å². The number of nitrogens with zero attached hydrogens (tertiary/aromatic N) is 4. The number of carbonyl (C=O) groups is 2. The zero-order valence-electron chi connectivity index (χ0n) is 16.7. The van der Waals surface area contributed by atoms with Gasteiger partial charge in [-0.2, -0.15) is 0 Å². The maximum absolute atomic E-state index is 14.3. The first-order valence-corrected chi connectivity index (χ1v) is 9.54. The third-order valence-electron chi connectivity index (χ3n) is 4.56. The van der Waals surface area contributed by atoms with Crippen molar-refractivity contribution in [2.24, 2.45) is 0 Å². The normalized spacial score (nSPS) is 12.7. The van der Waals surface area contributed by atoms with E-state index >= 15 is 0 Å². The Morgan fingerprint density at radius 3 is 2.56 bits per heavy atom. The van der Waals surface area contributed by atoms with E-state index in [-0.39, 0.29) is 23.2 Å². The Labute approximate surface area is 180 Å². The lowest BCUT2D eigenvalue weighted by atomic mass is 10.1. The number of hydrogen-bond donors (Lipinski definition) is 3. The number of carbonyl (C=O) groups excluding carboxylic acids is 2. The Balaban J connectivity index is 1.61. The number of halogens is 2. The molecule has 3 N–H and O–H groups in total. The van der Waals surface area contributed by atoms with Gasteiger partial charge in [0.2, 0.25) is 0 Å². The van der Waals surface area contributed by atoms with Gasteiger partial charge in [0.05, 0.1) is 41.2 Å². The van der Waals surface area contributed by atoms with Crippen LogP contribution in [-0.4, -0.2) is 39.0 Å². The maximum Gasteiger partial charge on any atom is 0.418 e. The minimum absolute atomic E-state index is 0.0885. The lowest BCUT2D eigenvalue weighted by molar-refractivity contribution is 0.0963. The maximum atomic E-state index is 14.3. The van der Waals surface area contributed by atoms with Crippen LogP contribution in [0.1, 0.15) is 34.8 Å². The Morgan fingerprint density at radius 2 is 1.88 bits per heavy atom. The van der Waals surface area contributed by atoms with E-state index in [9.17, 15) is 18.4 Å². The van der Waals surface area contributed by atoms with Gasteiger partial charge >= 0.3 is 6.09 Å². The molecule has 164 valence electrons. The van der Waals surface area contributed by atoms with Crippen molar-refractivity contribution >= 4 is 29.2 Å². The van der Waals surface area contributed by atoms with Crippen molar-refractivity contribution in [1.82, 2.24) is 25.3 Å². The van der Waals surface area contributed by atoms with Crippen molar-refractivity contribution in [3.63, 3.8) is 0 Å². The van der Waals surface area contributed by atoms with Crippen LogP contribution in [0.2, 0.25) is 0 Å². The Morgan fingerprint density at radius 1 is 1.12 bits per heavy atom. The number of ether oxygens (including phenoxy) is 1. The van der Waals surface area contributed by atoms with Gasteiger partial charge in [-0.15, -0.1) is 0 Å². The summed E-state index contributed by atoms with van der Waals surface area (Å²) in [5, 5.41) is 7.26. The van der Waals surface area contributed by atoms with E-state index in [2.05, 4.69) is 35.9 Å². The van der Waals surface area contributed by atoms with Gasteiger partial charge in [0.25, 0.3) is 11.8 Å². The molecule has 12 heteroatoms. The molecule has 2 amide bonds. The average molecular weight is 441 g/mol. The van der Waals surface area contributed by atoms with Crippen LogP contribution in [0.15, 0.2) is 37.1 Å². The van der Waals surface area contributed by atoms with E-state index in [1.807, 2.05) is 0 Å². The summed E-state index contributed by atoms with van der Waals surface area (Å²) < 4.78 is 33.3. The third-order valence-corrected chi connectivity index (χ3v) is 4.56. The van der Waals surface area contributed by atoms with E-state index in [4.69, 9.17) is 4.74 Å². The first kappa shape index (κ1) is 21.0. The molecule has 0 atom stereocenters. The van der Waals surface area contributed by atoms with E-state index in [0.717, 1.165) is 25.0 Å². The second-order valence-electron chi connectivity index (χ2n) is 6.85. The molecule has 0 spiro atoms. The molecule has 4 rings (SSSR count). The third kappa shape index (κ3) is 4.58. The number of amides is 2. The van der Waals surface area contributed by atoms with Crippen molar-refractivity contribution in [1.29, 1.82) is 0 Å². The van der Waals surface area contributed by atoms with Crippen LogP contribution in [-0.2, 0) is 0 Å². The lowest BCUT2D eigenvalue weighted by Crippen LogP contribution is -2.25. The molecule has 3 aromatic rings. The molecule has 1 fully saturated rings. The molecular weight excluding hydrogens is 424 g/mol. The number of anilines is 3. The smallest absolute Gasteiger partial charge is 0.387 e. The second kappa shape index (κ2) is 8.88. The van der Waals surface area contributed by atoms with Gasteiger partial charge in [0, 0.05) is 13.0 Å². The molecule has 1 saturated carbocycles. The highest BCUT2D eigenvalue weighted by atomic mass is 19.2. The summed E-state index contributed by atoms with van der Waals surface area (Å²) in [5.74, 6) is -3.25. The first-order valence-electron chi connectivity index (χ1n) is 9.54. The number of rotatable bonds is 6. The summed E-state index contributed by atoms with van der Waals surface area (Å²) >= 11 is 0. The molecule has 0 bridgehead atoms. The number of benzene rings is 1. The molecule has 10 nitrogen and oxygen atoms in total. The van der Waals surface area contributed by atoms with Crippen LogP contribution in [0.3, 0.4) is 0 Å². The first-order chi connectivity index (χ1) is 15.5. The molecule has 2 heterocycles. The molecule has 1 aromatic carbocycles. The van der Waals surface area contributed by atoms with Crippen molar-refractivity contribution in [3.05, 3.63) is 59.9 Å². The number of hydrogen-bond acceptors (Lipinski definition) is 8. The van der Waals surface area contributed by atoms with Crippen LogP contribution in [0, 0.1) is 11.6 Å². The van der Waals surface area contributed by atoms with Crippen LogP contribution in [0.25, 0.3) is 0 Å². The molecule has 0 aliphatic heterocycles. The summed E-state index contributed by atoms with van der Waals surface area (Å²) in [6, 6.07) is 1.83. The zero-order chi connectivity index (χ0) is 22.7. The topological polar surface area (TPSA) is 131 Å². The average Bonchev–Trinajstić information content (AvgIpc) is 3.64. The molecule has 0 unspecified atom stereocenters. The zero-order valence-corrected chi connectivity index (χ0v) is 16.7. The predicted octanol–water partition coefficient (Wildman–Crippen LogP) is 3.14. The summed E-state index contributed by atoms with van der Waals surface area (Å²) in [4.78, 5) is 40.9. The second-order valence-corrected chi connectivity index (χ2v) is 6.85. The van der Waals surface area contributed by atoms with E-state index in [0.29, 0.717) is 11.4 Å². The quantitative estimate of drug-likeness (QED) is 0.532. The van der Waals surface area contributed by atoms with Gasteiger partial charge in [-0.05, 0) is 25.0 Å². The minimum atomic E-state index is -1.40. The van der Waals surface area contributed by atoms with Crippen molar-refractivity contribution in [2.75, 3.05) is 17.7 Å². The van der Waals surface area contributed by atoms with Crippen LogP contribution in [0.5, 0.6) is 5.88 Å². The monoisotopic (exact) mass is 441 g/mol. The fourth-order valence-electron chi connectivity index (χ4n) is 2.83. The Hall–Kier alpha value is -4.22. The summed E-state index contributed by atoms with van der Waals surface area (Å²) in [5.41, 5.74) is 0.155. The molecular formula is C20H17F2N7O3. The highest BCUT2D eigenvalue weighted by Gasteiger charge is 2.28. The van der Waals surface area contributed by atoms with Gasteiger partial charge in [-0.25, -0.2) is 33.5 Å². The van der Waals surface area contributed by atoms with Gasteiger partial charge in [0.1, 0.15) is 6.33 Å². The van der Waals surface area contributed by atoms with Gasteiger partial charge in [0.15, 0.2) is 17.5 Å². The van der Waals surface area contributed by atoms with E-state index in [1.54, 1.807) is 6.20 Å². The lowest BCUT2D eigenvalue weighted by Gasteiger charge is -2.14. The largest absolute Gasteiger partial charge is 0.418 e.